The summed E-state index contributed by atoms with van der Waals surface area (Å²) in [6, 6.07) is 3.94. The number of pyridine rings is 1. The van der Waals surface area contributed by atoms with E-state index in [-0.39, 0.29) is 0 Å². The highest BCUT2D eigenvalue weighted by atomic mass is 32.1. The molecule has 0 amide bonds. The second-order valence-corrected chi connectivity index (χ2v) is 5.82. The van der Waals surface area contributed by atoms with E-state index in [0.29, 0.717) is 5.82 Å². The number of aromatic nitrogens is 2. The summed E-state index contributed by atoms with van der Waals surface area (Å²) in [7, 11) is 6.26. The molecule has 5 nitrogen and oxygen atoms in total. The van der Waals surface area contributed by atoms with Gasteiger partial charge in [-0.3, -0.25) is 4.98 Å². The van der Waals surface area contributed by atoms with Gasteiger partial charge in [0, 0.05) is 31.5 Å². The van der Waals surface area contributed by atoms with E-state index in [1.165, 1.54) is 11.5 Å². The molecule has 0 aromatic carbocycles. The first-order valence-electron chi connectivity index (χ1n) is 6.61. The van der Waals surface area contributed by atoms with Gasteiger partial charge in [0.1, 0.15) is 10.8 Å². The Hall–Kier alpha value is -1.66. The van der Waals surface area contributed by atoms with E-state index in [1.54, 1.807) is 6.20 Å². The highest BCUT2D eigenvalue weighted by Crippen LogP contribution is 2.38. The van der Waals surface area contributed by atoms with Gasteiger partial charge in [0.05, 0.1) is 5.56 Å². The minimum absolute atomic E-state index is 0.581. The fraction of sp³-hybridized carbons (Fsp3) is 0.429. The molecule has 2 aromatic rings. The maximum absolute atomic E-state index is 6.02. The van der Waals surface area contributed by atoms with Crippen molar-refractivity contribution < 1.29 is 0 Å². The molecular formula is C14H21N5S. The second kappa shape index (κ2) is 6.67. The summed E-state index contributed by atoms with van der Waals surface area (Å²) >= 11 is 1.45. The Balaban J connectivity index is 2.17. The van der Waals surface area contributed by atoms with Gasteiger partial charge in [0.25, 0.3) is 0 Å². The molecule has 2 aromatic heterocycles. The summed E-state index contributed by atoms with van der Waals surface area (Å²) in [5.74, 6) is 0.581. The van der Waals surface area contributed by atoms with Gasteiger partial charge in [-0.2, -0.15) is 4.37 Å². The van der Waals surface area contributed by atoms with Crippen LogP contribution in [0.2, 0.25) is 0 Å². The van der Waals surface area contributed by atoms with Gasteiger partial charge in [-0.05, 0) is 44.7 Å². The molecule has 2 N–H and O–H groups in total. The van der Waals surface area contributed by atoms with Crippen LogP contribution < -0.4 is 10.6 Å². The summed E-state index contributed by atoms with van der Waals surface area (Å²) in [6.07, 6.45) is 4.70. The van der Waals surface area contributed by atoms with Gasteiger partial charge in [-0.15, -0.1) is 0 Å². The quantitative estimate of drug-likeness (QED) is 0.884. The molecule has 0 aliphatic rings. The van der Waals surface area contributed by atoms with Crippen molar-refractivity contribution in [2.75, 3.05) is 44.9 Å². The Morgan fingerprint density at radius 2 is 2.05 bits per heavy atom. The minimum Gasteiger partial charge on any atom is -0.382 e. The molecule has 0 spiro atoms. The number of anilines is 2. The lowest BCUT2D eigenvalue weighted by Gasteiger charge is -2.20. The van der Waals surface area contributed by atoms with E-state index in [1.807, 2.05) is 18.3 Å². The SMILES string of the molecule is CN(C)CCCN(C)c1snc(N)c1-c1cccnc1. The number of nitrogens with zero attached hydrogens (tertiary/aromatic N) is 4. The van der Waals surface area contributed by atoms with E-state index >= 15 is 0 Å². The van der Waals surface area contributed by atoms with Crippen molar-refractivity contribution >= 4 is 22.4 Å². The Morgan fingerprint density at radius 1 is 1.25 bits per heavy atom. The number of hydrogen-bond acceptors (Lipinski definition) is 6. The van der Waals surface area contributed by atoms with Crippen LogP contribution in [0.3, 0.4) is 0 Å². The number of nitrogen functional groups attached to an aromatic ring is 1. The van der Waals surface area contributed by atoms with E-state index in [4.69, 9.17) is 5.73 Å². The highest BCUT2D eigenvalue weighted by Gasteiger charge is 2.16. The fourth-order valence-electron chi connectivity index (χ4n) is 2.06. The van der Waals surface area contributed by atoms with Crippen molar-refractivity contribution in [3.05, 3.63) is 24.5 Å². The average molecular weight is 291 g/mol. The third-order valence-electron chi connectivity index (χ3n) is 3.10. The van der Waals surface area contributed by atoms with Crippen LogP contribution in [-0.4, -0.2) is 48.5 Å². The molecule has 108 valence electrons. The van der Waals surface area contributed by atoms with Gasteiger partial charge in [0.2, 0.25) is 0 Å². The van der Waals surface area contributed by atoms with Gasteiger partial charge >= 0.3 is 0 Å². The van der Waals surface area contributed by atoms with Crippen LogP contribution in [0.5, 0.6) is 0 Å². The zero-order valence-corrected chi connectivity index (χ0v) is 13.0. The zero-order valence-electron chi connectivity index (χ0n) is 12.2. The average Bonchev–Trinajstić information content (AvgIpc) is 2.81. The van der Waals surface area contributed by atoms with Crippen molar-refractivity contribution in [3.63, 3.8) is 0 Å². The molecule has 0 aliphatic heterocycles. The zero-order chi connectivity index (χ0) is 14.5. The predicted octanol–water partition coefficient (Wildman–Crippen LogP) is 2.18. The molecule has 0 unspecified atom stereocenters. The van der Waals surface area contributed by atoms with Crippen LogP contribution in [-0.2, 0) is 0 Å². The summed E-state index contributed by atoms with van der Waals surface area (Å²) in [6.45, 7) is 2.05. The lowest BCUT2D eigenvalue weighted by Crippen LogP contribution is -2.23. The predicted molar refractivity (Wildman–Crippen MR) is 86.2 cm³/mol. The van der Waals surface area contributed by atoms with Crippen LogP contribution in [0.4, 0.5) is 10.8 Å². The van der Waals surface area contributed by atoms with Gasteiger partial charge < -0.3 is 15.5 Å². The van der Waals surface area contributed by atoms with Crippen molar-refractivity contribution in [2.24, 2.45) is 0 Å². The maximum Gasteiger partial charge on any atom is 0.147 e. The summed E-state index contributed by atoms with van der Waals surface area (Å²) in [5, 5.41) is 1.11. The molecular weight excluding hydrogens is 270 g/mol. The molecule has 20 heavy (non-hydrogen) atoms. The first-order valence-corrected chi connectivity index (χ1v) is 7.38. The molecule has 0 bridgehead atoms. The molecule has 0 atom stereocenters. The lowest BCUT2D eigenvalue weighted by molar-refractivity contribution is 0.402. The minimum atomic E-state index is 0.581. The summed E-state index contributed by atoms with van der Waals surface area (Å²) in [4.78, 5) is 8.58. The molecule has 0 saturated heterocycles. The highest BCUT2D eigenvalue weighted by molar-refractivity contribution is 7.11. The van der Waals surface area contributed by atoms with Crippen molar-refractivity contribution in [2.45, 2.75) is 6.42 Å². The smallest absolute Gasteiger partial charge is 0.147 e. The van der Waals surface area contributed by atoms with Gasteiger partial charge in [0.15, 0.2) is 0 Å². The third kappa shape index (κ3) is 3.46. The van der Waals surface area contributed by atoms with E-state index in [9.17, 15) is 0 Å². The second-order valence-electron chi connectivity index (χ2n) is 5.07. The van der Waals surface area contributed by atoms with Crippen molar-refractivity contribution in [1.82, 2.24) is 14.3 Å². The largest absolute Gasteiger partial charge is 0.382 e. The first kappa shape index (κ1) is 14.7. The van der Waals surface area contributed by atoms with Gasteiger partial charge in [-0.1, -0.05) is 6.07 Å². The third-order valence-corrected chi connectivity index (χ3v) is 4.07. The summed E-state index contributed by atoms with van der Waals surface area (Å²) < 4.78 is 4.30. The van der Waals surface area contributed by atoms with Crippen LogP contribution in [0.1, 0.15) is 6.42 Å². The molecule has 0 radical (unpaired) electrons. The lowest BCUT2D eigenvalue weighted by atomic mass is 10.1. The number of hydrogen-bond donors (Lipinski definition) is 1. The molecule has 0 aliphatic carbocycles. The first-order chi connectivity index (χ1) is 9.59. The van der Waals surface area contributed by atoms with E-state index in [2.05, 4.69) is 40.3 Å². The van der Waals surface area contributed by atoms with Crippen molar-refractivity contribution in [3.8, 4) is 11.1 Å². The van der Waals surface area contributed by atoms with Crippen LogP contribution in [0.15, 0.2) is 24.5 Å². The molecule has 0 fully saturated rings. The van der Waals surface area contributed by atoms with Crippen LogP contribution in [0.25, 0.3) is 11.1 Å². The van der Waals surface area contributed by atoms with Crippen LogP contribution in [0, 0.1) is 0 Å². The van der Waals surface area contributed by atoms with Crippen LogP contribution >= 0.6 is 11.5 Å². The Bertz CT molecular complexity index is 538. The van der Waals surface area contributed by atoms with Gasteiger partial charge in [-0.25, -0.2) is 0 Å². The molecule has 0 saturated carbocycles. The maximum atomic E-state index is 6.02. The standard InChI is InChI=1S/C14H21N5S/c1-18(2)8-5-9-19(3)14-12(13(15)17-20-14)11-6-4-7-16-10-11/h4,6-7,10H,5,8-9H2,1-3H3,(H2,15,17). The van der Waals surface area contributed by atoms with E-state index in [0.717, 1.165) is 35.6 Å². The number of nitrogens with two attached hydrogens (primary N) is 1. The van der Waals surface area contributed by atoms with E-state index < -0.39 is 0 Å². The molecule has 2 rings (SSSR count). The number of rotatable bonds is 6. The fourth-order valence-corrected chi connectivity index (χ4v) is 2.88. The normalized spacial score (nSPS) is 11.0. The monoisotopic (exact) mass is 291 g/mol. The molecule has 2 heterocycles. The topological polar surface area (TPSA) is 58.3 Å². The Morgan fingerprint density at radius 3 is 2.70 bits per heavy atom. The summed E-state index contributed by atoms with van der Waals surface area (Å²) in [5.41, 5.74) is 8.04. The van der Waals surface area contributed by atoms with Crippen molar-refractivity contribution in [1.29, 1.82) is 0 Å². The Kier molecular flexibility index (Phi) is 4.92. The Labute approximate surface area is 124 Å². The molecule has 6 heteroatoms.